The summed E-state index contributed by atoms with van der Waals surface area (Å²) in [6.07, 6.45) is 0. The van der Waals surface area contributed by atoms with Crippen molar-refractivity contribution in [3.8, 4) is 5.75 Å². The van der Waals surface area contributed by atoms with Gasteiger partial charge in [0.2, 0.25) is 0 Å². The summed E-state index contributed by atoms with van der Waals surface area (Å²) in [5.41, 5.74) is 1.62. The van der Waals surface area contributed by atoms with E-state index in [1.54, 1.807) is 47.4 Å². The largest absolute Gasteiger partial charge is 0.493 e. The highest BCUT2D eigenvalue weighted by molar-refractivity contribution is 9.10. The number of anilines is 1. The number of carbonyl (C=O) groups excluding carboxylic acids is 2. The molecule has 0 aliphatic carbocycles. The number of thiocarbonyl (C=S) groups is 1. The third kappa shape index (κ3) is 6.27. The van der Waals surface area contributed by atoms with E-state index in [2.05, 4.69) is 26.6 Å². The van der Waals surface area contributed by atoms with Crippen LogP contribution in [0.4, 0.5) is 5.69 Å². The second-order valence-corrected chi connectivity index (χ2v) is 7.31. The standard InChI is InChI=1S/C21H24BrN3O3S/c1-4-25(5-2)20(27)15-8-7-9-16(12-15)23-21(29)24-19(26)14-10-11-18(28-6-3)17(22)13-14/h7-13H,4-6H2,1-3H3,(H2,23,24,26,29). The van der Waals surface area contributed by atoms with Gasteiger partial charge in [0.15, 0.2) is 5.11 Å². The summed E-state index contributed by atoms with van der Waals surface area (Å²) in [7, 11) is 0. The van der Waals surface area contributed by atoms with Gasteiger partial charge < -0.3 is 15.0 Å². The molecule has 0 aliphatic heterocycles. The van der Waals surface area contributed by atoms with Crippen molar-refractivity contribution in [1.29, 1.82) is 0 Å². The predicted molar refractivity (Wildman–Crippen MR) is 123 cm³/mol. The Morgan fingerprint density at radius 1 is 1.07 bits per heavy atom. The molecule has 2 aromatic rings. The van der Waals surface area contributed by atoms with Crippen LogP contribution < -0.4 is 15.4 Å². The molecule has 0 radical (unpaired) electrons. The van der Waals surface area contributed by atoms with Gasteiger partial charge in [-0.15, -0.1) is 0 Å². The molecule has 8 heteroatoms. The van der Waals surface area contributed by atoms with E-state index in [4.69, 9.17) is 17.0 Å². The van der Waals surface area contributed by atoms with Crippen LogP contribution in [0.3, 0.4) is 0 Å². The molecule has 154 valence electrons. The lowest BCUT2D eigenvalue weighted by molar-refractivity contribution is 0.0772. The molecule has 2 N–H and O–H groups in total. The van der Waals surface area contributed by atoms with Gasteiger partial charge in [-0.05, 0) is 85.3 Å². The van der Waals surface area contributed by atoms with E-state index < -0.39 is 0 Å². The number of amides is 2. The molecule has 0 unspecified atom stereocenters. The molecule has 2 amide bonds. The Hall–Kier alpha value is -2.45. The van der Waals surface area contributed by atoms with E-state index in [9.17, 15) is 9.59 Å². The highest BCUT2D eigenvalue weighted by atomic mass is 79.9. The quantitative estimate of drug-likeness (QED) is 0.576. The molecule has 0 heterocycles. The third-order valence-corrected chi connectivity index (χ3v) is 4.96. The zero-order valence-corrected chi connectivity index (χ0v) is 19.0. The van der Waals surface area contributed by atoms with Gasteiger partial charge in [-0.2, -0.15) is 0 Å². The van der Waals surface area contributed by atoms with Gasteiger partial charge in [-0.3, -0.25) is 14.9 Å². The summed E-state index contributed by atoms with van der Waals surface area (Å²) in [5, 5.41) is 5.74. The van der Waals surface area contributed by atoms with Crippen LogP contribution in [0.15, 0.2) is 46.9 Å². The van der Waals surface area contributed by atoms with E-state index in [1.807, 2.05) is 20.8 Å². The van der Waals surface area contributed by atoms with Crippen molar-refractivity contribution in [2.24, 2.45) is 0 Å². The van der Waals surface area contributed by atoms with Crippen molar-refractivity contribution in [3.05, 3.63) is 58.1 Å². The zero-order valence-electron chi connectivity index (χ0n) is 16.6. The van der Waals surface area contributed by atoms with Gasteiger partial charge in [0, 0.05) is 29.9 Å². The van der Waals surface area contributed by atoms with E-state index in [1.165, 1.54) is 0 Å². The van der Waals surface area contributed by atoms with Gasteiger partial charge in [0.25, 0.3) is 11.8 Å². The number of benzene rings is 2. The Labute approximate surface area is 184 Å². The summed E-state index contributed by atoms with van der Waals surface area (Å²) >= 11 is 8.64. The highest BCUT2D eigenvalue weighted by Gasteiger charge is 2.14. The molecule has 0 saturated heterocycles. The molecule has 0 spiro atoms. The first kappa shape index (κ1) is 22.8. The Balaban J connectivity index is 2.04. The summed E-state index contributed by atoms with van der Waals surface area (Å²) < 4.78 is 6.14. The van der Waals surface area contributed by atoms with Gasteiger partial charge in [0.05, 0.1) is 11.1 Å². The Morgan fingerprint density at radius 3 is 2.41 bits per heavy atom. The minimum Gasteiger partial charge on any atom is -0.493 e. The van der Waals surface area contributed by atoms with Crippen LogP contribution in [-0.2, 0) is 0 Å². The lowest BCUT2D eigenvalue weighted by Gasteiger charge is -2.19. The van der Waals surface area contributed by atoms with Crippen LogP contribution >= 0.6 is 28.1 Å². The average molecular weight is 478 g/mol. The smallest absolute Gasteiger partial charge is 0.257 e. The van der Waals surface area contributed by atoms with Gasteiger partial charge in [-0.1, -0.05) is 6.07 Å². The van der Waals surface area contributed by atoms with Crippen molar-refractivity contribution in [1.82, 2.24) is 10.2 Å². The fourth-order valence-corrected chi connectivity index (χ4v) is 3.38. The molecular weight excluding hydrogens is 454 g/mol. The fraction of sp³-hybridized carbons (Fsp3) is 0.286. The Kier molecular flexibility index (Phi) is 8.60. The Morgan fingerprint density at radius 2 is 1.79 bits per heavy atom. The van der Waals surface area contributed by atoms with E-state index in [-0.39, 0.29) is 16.9 Å². The van der Waals surface area contributed by atoms with Crippen LogP contribution in [0.1, 0.15) is 41.5 Å². The van der Waals surface area contributed by atoms with Gasteiger partial charge in [-0.25, -0.2) is 0 Å². The lowest BCUT2D eigenvalue weighted by Crippen LogP contribution is -2.34. The third-order valence-electron chi connectivity index (χ3n) is 4.14. The lowest BCUT2D eigenvalue weighted by atomic mass is 10.1. The number of rotatable bonds is 7. The molecule has 2 rings (SSSR count). The molecule has 0 fully saturated rings. The first-order valence-corrected chi connectivity index (χ1v) is 10.5. The van der Waals surface area contributed by atoms with Crippen LogP contribution in [-0.4, -0.2) is 41.5 Å². The van der Waals surface area contributed by atoms with Crippen LogP contribution in [0, 0.1) is 0 Å². The minimum atomic E-state index is -0.346. The summed E-state index contributed by atoms with van der Waals surface area (Å²) in [6.45, 7) is 7.58. The van der Waals surface area contributed by atoms with Crippen molar-refractivity contribution < 1.29 is 14.3 Å². The van der Waals surface area contributed by atoms with Crippen molar-refractivity contribution in [2.75, 3.05) is 25.0 Å². The monoisotopic (exact) mass is 477 g/mol. The topological polar surface area (TPSA) is 70.7 Å². The van der Waals surface area contributed by atoms with Crippen LogP contribution in [0.5, 0.6) is 5.75 Å². The average Bonchev–Trinajstić information content (AvgIpc) is 2.70. The molecule has 0 saturated carbocycles. The highest BCUT2D eigenvalue weighted by Crippen LogP contribution is 2.26. The maximum Gasteiger partial charge on any atom is 0.257 e. The molecule has 0 aliphatic rings. The minimum absolute atomic E-state index is 0.0483. The normalized spacial score (nSPS) is 10.2. The number of hydrogen-bond acceptors (Lipinski definition) is 4. The molecular formula is C21H24BrN3O3S. The molecule has 0 atom stereocenters. The van der Waals surface area contributed by atoms with Crippen molar-refractivity contribution in [2.45, 2.75) is 20.8 Å². The summed E-state index contributed by atoms with van der Waals surface area (Å²) in [6, 6.07) is 12.1. The first-order chi connectivity index (χ1) is 13.9. The second-order valence-electron chi connectivity index (χ2n) is 6.04. The van der Waals surface area contributed by atoms with Crippen LogP contribution in [0.25, 0.3) is 0 Å². The van der Waals surface area contributed by atoms with Gasteiger partial charge in [0.1, 0.15) is 5.75 Å². The summed E-state index contributed by atoms with van der Waals surface area (Å²) in [5.74, 6) is 0.272. The van der Waals surface area contributed by atoms with Gasteiger partial charge >= 0.3 is 0 Å². The van der Waals surface area contributed by atoms with Crippen molar-refractivity contribution in [3.63, 3.8) is 0 Å². The Bertz CT molecular complexity index is 900. The molecule has 6 nitrogen and oxygen atoms in total. The SMILES string of the molecule is CCOc1ccc(C(=O)NC(=S)Nc2cccc(C(=O)N(CC)CC)c2)cc1Br. The van der Waals surface area contributed by atoms with Crippen molar-refractivity contribution >= 4 is 50.8 Å². The maximum absolute atomic E-state index is 12.5. The zero-order chi connectivity index (χ0) is 21.4. The number of hydrogen-bond donors (Lipinski definition) is 2. The van der Waals surface area contributed by atoms with Crippen LogP contribution in [0.2, 0.25) is 0 Å². The second kappa shape index (κ2) is 10.9. The first-order valence-electron chi connectivity index (χ1n) is 9.33. The fourth-order valence-electron chi connectivity index (χ4n) is 2.68. The molecule has 0 aromatic heterocycles. The van der Waals surface area contributed by atoms with E-state index in [0.717, 1.165) is 0 Å². The van der Waals surface area contributed by atoms with E-state index in [0.29, 0.717) is 46.7 Å². The maximum atomic E-state index is 12.5. The number of nitrogens with one attached hydrogen (secondary N) is 2. The number of nitrogens with zero attached hydrogens (tertiary/aromatic N) is 1. The summed E-state index contributed by atoms with van der Waals surface area (Å²) in [4.78, 5) is 26.7. The number of halogens is 1. The molecule has 2 aromatic carbocycles. The molecule has 29 heavy (non-hydrogen) atoms. The predicted octanol–water partition coefficient (Wildman–Crippen LogP) is 4.46. The van der Waals surface area contributed by atoms with E-state index >= 15 is 0 Å². The number of ether oxygens (including phenoxy) is 1. The molecule has 0 bridgehead atoms. The number of carbonyl (C=O) groups is 2.